The molecule has 0 saturated carbocycles. The van der Waals surface area contributed by atoms with Crippen LogP contribution in [0.4, 0.5) is 11.4 Å². The minimum absolute atomic E-state index is 0.0437. The molecule has 0 bridgehead atoms. The van der Waals surface area contributed by atoms with Crippen LogP contribution in [0.2, 0.25) is 5.02 Å². The number of hydrogen-bond donors (Lipinski definition) is 1. The lowest BCUT2D eigenvalue weighted by Crippen LogP contribution is -2.38. The highest BCUT2D eigenvalue weighted by atomic mass is 35.5. The Morgan fingerprint density at radius 1 is 1.31 bits per heavy atom. The number of fused-ring (bicyclic) bond motifs is 1. The minimum Gasteiger partial charge on any atom is -0.484 e. The van der Waals surface area contributed by atoms with Gasteiger partial charge in [-0.1, -0.05) is 17.7 Å². The first-order valence-electron chi connectivity index (χ1n) is 7.93. The van der Waals surface area contributed by atoms with E-state index >= 15 is 0 Å². The number of anilines is 2. The van der Waals surface area contributed by atoms with Crippen LogP contribution in [0.15, 0.2) is 55.1 Å². The van der Waals surface area contributed by atoms with Crippen LogP contribution in [-0.2, 0) is 9.59 Å². The van der Waals surface area contributed by atoms with E-state index in [-0.39, 0.29) is 25.0 Å². The fraction of sp³-hybridized carbons (Fsp3) is 0.158. The van der Waals surface area contributed by atoms with E-state index in [2.05, 4.69) is 11.9 Å². The van der Waals surface area contributed by atoms with Crippen LogP contribution < -0.4 is 19.7 Å². The molecular formula is C19H17ClN2O4. The van der Waals surface area contributed by atoms with Crippen LogP contribution in [0, 0.1) is 0 Å². The number of amides is 2. The molecule has 1 N–H and O–H groups in total. The van der Waals surface area contributed by atoms with Crippen molar-refractivity contribution in [3.63, 3.8) is 0 Å². The molecule has 0 spiro atoms. The lowest BCUT2D eigenvalue weighted by Gasteiger charge is -2.28. The summed E-state index contributed by atoms with van der Waals surface area (Å²) in [4.78, 5) is 25.6. The maximum atomic E-state index is 12.1. The summed E-state index contributed by atoms with van der Waals surface area (Å²) < 4.78 is 10.9. The Hall–Kier alpha value is -2.99. The largest absolute Gasteiger partial charge is 0.484 e. The number of carbonyl (C=O) groups excluding carboxylic acids is 2. The maximum Gasteiger partial charge on any atom is 0.265 e. The van der Waals surface area contributed by atoms with Gasteiger partial charge >= 0.3 is 0 Å². The zero-order chi connectivity index (χ0) is 18.5. The van der Waals surface area contributed by atoms with Gasteiger partial charge in [0.05, 0.1) is 5.69 Å². The molecule has 2 aromatic carbocycles. The SMILES string of the molecule is C=CCN1C(=O)COc2cc(NC(=O)COc3ccc(Cl)cc3)ccc21. The van der Waals surface area contributed by atoms with Gasteiger partial charge in [-0.2, -0.15) is 0 Å². The number of carbonyl (C=O) groups is 2. The van der Waals surface area contributed by atoms with Gasteiger partial charge < -0.3 is 19.7 Å². The lowest BCUT2D eigenvalue weighted by molar-refractivity contribution is -0.121. The fourth-order valence-corrected chi connectivity index (χ4v) is 2.61. The number of hydrogen-bond acceptors (Lipinski definition) is 4. The molecule has 0 aromatic heterocycles. The molecule has 0 radical (unpaired) electrons. The maximum absolute atomic E-state index is 12.1. The van der Waals surface area contributed by atoms with Crippen molar-refractivity contribution in [1.29, 1.82) is 0 Å². The van der Waals surface area contributed by atoms with E-state index in [1.807, 2.05) is 0 Å². The average molecular weight is 373 g/mol. The summed E-state index contributed by atoms with van der Waals surface area (Å²) in [6.45, 7) is 3.87. The average Bonchev–Trinajstić information content (AvgIpc) is 2.64. The van der Waals surface area contributed by atoms with Crippen LogP contribution in [0.25, 0.3) is 0 Å². The van der Waals surface area contributed by atoms with E-state index in [1.54, 1.807) is 53.4 Å². The van der Waals surface area contributed by atoms with E-state index in [4.69, 9.17) is 21.1 Å². The smallest absolute Gasteiger partial charge is 0.265 e. The number of benzene rings is 2. The molecule has 26 heavy (non-hydrogen) atoms. The van der Waals surface area contributed by atoms with Crippen molar-refractivity contribution >= 4 is 34.8 Å². The van der Waals surface area contributed by atoms with E-state index < -0.39 is 0 Å². The number of nitrogens with one attached hydrogen (secondary N) is 1. The van der Waals surface area contributed by atoms with Crippen molar-refractivity contribution in [2.45, 2.75) is 0 Å². The summed E-state index contributed by atoms with van der Waals surface area (Å²) in [6, 6.07) is 11.9. The molecule has 1 aliphatic heterocycles. The molecule has 7 heteroatoms. The number of nitrogens with zero attached hydrogens (tertiary/aromatic N) is 1. The molecule has 1 heterocycles. The number of halogens is 1. The van der Waals surface area contributed by atoms with Gasteiger partial charge in [0.15, 0.2) is 13.2 Å². The molecule has 0 unspecified atom stereocenters. The van der Waals surface area contributed by atoms with Gasteiger partial charge in [-0.15, -0.1) is 6.58 Å². The second-order valence-corrected chi connectivity index (χ2v) is 5.99. The van der Waals surface area contributed by atoms with Crippen LogP contribution >= 0.6 is 11.6 Å². The summed E-state index contributed by atoms with van der Waals surface area (Å²) >= 11 is 5.80. The number of rotatable bonds is 6. The third-order valence-corrected chi connectivity index (χ3v) is 3.93. The topological polar surface area (TPSA) is 67.9 Å². The standard InChI is InChI=1S/C19H17ClN2O4/c1-2-9-22-16-8-5-14(10-17(16)26-12-19(22)24)21-18(23)11-25-15-6-3-13(20)4-7-15/h2-8,10H,1,9,11-12H2,(H,21,23). The first-order chi connectivity index (χ1) is 12.6. The van der Waals surface area contributed by atoms with Crippen molar-refractivity contribution in [3.8, 4) is 11.5 Å². The van der Waals surface area contributed by atoms with Gasteiger partial charge in [0, 0.05) is 23.3 Å². The van der Waals surface area contributed by atoms with Crippen molar-refractivity contribution in [1.82, 2.24) is 0 Å². The molecule has 0 saturated heterocycles. The van der Waals surface area contributed by atoms with Gasteiger partial charge in [0.2, 0.25) is 0 Å². The van der Waals surface area contributed by atoms with Crippen molar-refractivity contribution in [2.24, 2.45) is 0 Å². The van der Waals surface area contributed by atoms with E-state index in [9.17, 15) is 9.59 Å². The predicted octanol–water partition coefficient (Wildman–Crippen LogP) is 3.27. The van der Waals surface area contributed by atoms with Crippen LogP contribution in [-0.4, -0.2) is 31.6 Å². The molecule has 134 valence electrons. The van der Waals surface area contributed by atoms with Gasteiger partial charge in [0.1, 0.15) is 11.5 Å². The highest BCUT2D eigenvalue weighted by molar-refractivity contribution is 6.30. The van der Waals surface area contributed by atoms with Gasteiger partial charge in [-0.3, -0.25) is 9.59 Å². The third kappa shape index (κ3) is 4.15. The highest BCUT2D eigenvalue weighted by Gasteiger charge is 2.24. The van der Waals surface area contributed by atoms with E-state index in [0.717, 1.165) is 0 Å². The molecule has 0 aliphatic carbocycles. The van der Waals surface area contributed by atoms with Crippen molar-refractivity contribution in [3.05, 3.63) is 60.1 Å². The van der Waals surface area contributed by atoms with Gasteiger partial charge in [-0.05, 0) is 36.4 Å². The van der Waals surface area contributed by atoms with Crippen LogP contribution in [0.1, 0.15) is 0 Å². The van der Waals surface area contributed by atoms with E-state index in [0.29, 0.717) is 34.4 Å². The van der Waals surface area contributed by atoms with E-state index in [1.165, 1.54) is 0 Å². The Kier molecular flexibility index (Phi) is 5.43. The Balaban J connectivity index is 1.63. The molecule has 3 rings (SSSR count). The second-order valence-electron chi connectivity index (χ2n) is 5.55. The van der Waals surface area contributed by atoms with Crippen LogP contribution in [0.3, 0.4) is 0 Å². The Morgan fingerprint density at radius 3 is 2.81 bits per heavy atom. The fourth-order valence-electron chi connectivity index (χ4n) is 2.49. The molecule has 1 aliphatic rings. The Morgan fingerprint density at radius 2 is 2.08 bits per heavy atom. The van der Waals surface area contributed by atoms with Crippen molar-refractivity contribution in [2.75, 3.05) is 30.0 Å². The molecule has 6 nitrogen and oxygen atoms in total. The lowest BCUT2D eigenvalue weighted by atomic mass is 10.2. The third-order valence-electron chi connectivity index (χ3n) is 3.68. The summed E-state index contributed by atoms with van der Waals surface area (Å²) in [7, 11) is 0. The monoisotopic (exact) mass is 372 g/mol. The second kappa shape index (κ2) is 7.93. The normalized spacial score (nSPS) is 12.8. The van der Waals surface area contributed by atoms with Crippen LogP contribution in [0.5, 0.6) is 11.5 Å². The summed E-state index contributed by atoms with van der Waals surface area (Å²) in [6.07, 6.45) is 1.65. The highest BCUT2D eigenvalue weighted by Crippen LogP contribution is 2.34. The van der Waals surface area contributed by atoms with Gasteiger partial charge in [-0.25, -0.2) is 0 Å². The minimum atomic E-state index is -0.310. The summed E-state index contributed by atoms with van der Waals surface area (Å²) in [5.74, 6) is 0.639. The summed E-state index contributed by atoms with van der Waals surface area (Å²) in [5, 5.41) is 3.34. The first-order valence-corrected chi connectivity index (χ1v) is 8.31. The summed E-state index contributed by atoms with van der Waals surface area (Å²) in [5.41, 5.74) is 1.21. The Labute approximate surface area is 156 Å². The zero-order valence-electron chi connectivity index (χ0n) is 13.9. The first kappa shape index (κ1) is 17.8. The van der Waals surface area contributed by atoms with Crippen molar-refractivity contribution < 1.29 is 19.1 Å². The molecular weight excluding hydrogens is 356 g/mol. The predicted molar refractivity (Wildman–Crippen MR) is 100 cm³/mol. The molecule has 2 aromatic rings. The van der Waals surface area contributed by atoms with Gasteiger partial charge in [0.25, 0.3) is 11.8 Å². The Bertz CT molecular complexity index is 836. The number of ether oxygens (including phenoxy) is 2. The molecule has 0 atom stereocenters. The quantitative estimate of drug-likeness (QED) is 0.790. The zero-order valence-corrected chi connectivity index (χ0v) is 14.7. The molecule has 0 fully saturated rings. The molecule has 2 amide bonds.